The Kier molecular flexibility index (Phi) is 7.96. The van der Waals surface area contributed by atoms with Gasteiger partial charge >= 0.3 is 0 Å². The van der Waals surface area contributed by atoms with Crippen LogP contribution in [0.1, 0.15) is 68.9 Å². The maximum Gasteiger partial charge on any atom is 0.161 e. The van der Waals surface area contributed by atoms with E-state index in [1.165, 1.54) is 29.5 Å². The summed E-state index contributed by atoms with van der Waals surface area (Å²) in [6.07, 6.45) is 7.03. The molecule has 0 radical (unpaired) electrons. The molecule has 1 aromatic carbocycles. The van der Waals surface area contributed by atoms with Crippen LogP contribution in [0.15, 0.2) is 42.1 Å². The molecule has 0 aromatic heterocycles. The Hall–Kier alpha value is -2.23. The van der Waals surface area contributed by atoms with Gasteiger partial charge in [-0.15, -0.1) is 6.58 Å². The minimum atomic E-state index is 0.448. The number of methoxy groups -OCH3 is 2. The van der Waals surface area contributed by atoms with E-state index in [1.54, 1.807) is 20.3 Å². The Labute approximate surface area is 163 Å². The van der Waals surface area contributed by atoms with Crippen molar-refractivity contribution in [3.05, 3.63) is 48.1 Å². The molecule has 0 fully saturated rings. The van der Waals surface area contributed by atoms with E-state index in [4.69, 9.17) is 14.3 Å². The van der Waals surface area contributed by atoms with Crippen LogP contribution in [0.2, 0.25) is 0 Å². The minimum Gasteiger partial charge on any atom is -0.493 e. The Bertz CT molecular complexity index is 693. The van der Waals surface area contributed by atoms with Crippen molar-refractivity contribution in [3.63, 3.8) is 0 Å². The lowest BCUT2D eigenvalue weighted by Gasteiger charge is -2.33. The molecule has 1 aromatic rings. The highest BCUT2D eigenvalue weighted by atomic mass is 16.6. The molecule has 148 valence electrons. The van der Waals surface area contributed by atoms with Crippen molar-refractivity contribution in [2.75, 3.05) is 20.8 Å². The smallest absolute Gasteiger partial charge is 0.161 e. The van der Waals surface area contributed by atoms with Gasteiger partial charge in [-0.1, -0.05) is 23.4 Å². The number of benzene rings is 1. The maximum atomic E-state index is 5.56. The van der Waals surface area contributed by atoms with Crippen molar-refractivity contribution in [1.29, 1.82) is 0 Å². The molecule has 0 unspecified atom stereocenters. The predicted octanol–water partition coefficient (Wildman–Crippen LogP) is 5.99. The molecule has 0 spiro atoms. The average Bonchev–Trinajstić information content (AvgIpc) is 2.66. The first-order valence-electron chi connectivity index (χ1n) is 9.66. The monoisotopic (exact) mass is 371 g/mol. The van der Waals surface area contributed by atoms with Gasteiger partial charge in [0, 0.05) is 0 Å². The van der Waals surface area contributed by atoms with Gasteiger partial charge in [0.25, 0.3) is 0 Å². The highest BCUT2D eigenvalue weighted by molar-refractivity contribution is 5.81. The van der Waals surface area contributed by atoms with Gasteiger partial charge in [0.1, 0.15) is 6.61 Å². The van der Waals surface area contributed by atoms with E-state index in [0.717, 1.165) is 36.5 Å². The van der Waals surface area contributed by atoms with Gasteiger partial charge in [0.05, 0.1) is 19.9 Å². The summed E-state index contributed by atoms with van der Waals surface area (Å²) in [6.45, 7) is 12.3. The van der Waals surface area contributed by atoms with Crippen LogP contribution in [0.25, 0.3) is 0 Å². The average molecular weight is 372 g/mol. The molecule has 0 bridgehead atoms. The number of oxime groups is 1. The van der Waals surface area contributed by atoms with Crippen LogP contribution in [0.5, 0.6) is 11.5 Å². The van der Waals surface area contributed by atoms with Crippen molar-refractivity contribution in [2.24, 2.45) is 5.16 Å². The summed E-state index contributed by atoms with van der Waals surface area (Å²) >= 11 is 0. The first-order chi connectivity index (χ1) is 13.0. The Morgan fingerprint density at radius 1 is 1.11 bits per heavy atom. The maximum absolute atomic E-state index is 5.56. The third-order valence-electron chi connectivity index (χ3n) is 5.19. The molecule has 2 rings (SSSR count). The summed E-state index contributed by atoms with van der Waals surface area (Å²) in [6, 6.07) is 4.34. The van der Waals surface area contributed by atoms with E-state index < -0.39 is 0 Å². The molecule has 4 nitrogen and oxygen atoms in total. The number of hydrogen-bond acceptors (Lipinski definition) is 4. The fourth-order valence-electron chi connectivity index (χ4n) is 3.89. The first-order valence-corrected chi connectivity index (χ1v) is 9.66. The van der Waals surface area contributed by atoms with Crippen LogP contribution < -0.4 is 9.47 Å². The summed E-state index contributed by atoms with van der Waals surface area (Å²) in [4.78, 5) is 5.21. The third kappa shape index (κ3) is 5.62. The number of rotatable bonds is 10. The zero-order valence-electron chi connectivity index (χ0n) is 17.2. The summed E-state index contributed by atoms with van der Waals surface area (Å²) < 4.78 is 11.1. The number of nitrogens with zero attached hydrogens (tertiary/aromatic N) is 1. The minimum absolute atomic E-state index is 0.448. The molecule has 0 heterocycles. The highest BCUT2D eigenvalue weighted by Crippen LogP contribution is 2.47. The molecule has 0 amide bonds. The van der Waals surface area contributed by atoms with Crippen molar-refractivity contribution in [2.45, 2.75) is 57.8 Å². The third-order valence-corrected chi connectivity index (χ3v) is 5.19. The zero-order chi connectivity index (χ0) is 19.8. The van der Waals surface area contributed by atoms with E-state index in [0.29, 0.717) is 18.4 Å². The summed E-state index contributed by atoms with van der Waals surface area (Å²) in [7, 11) is 3.39. The second-order valence-corrected chi connectivity index (χ2v) is 7.42. The van der Waals surface area contributed by atoms with Crippen LogP contribution in [0, 0.1) is 0 Å². The van der Waals surface area contributed by atoms with Crippen LogP contribution in [-0.4, -0.2) is 26.5 Å². The van der Waals surface area contributed by atoms with E-state index in [1.807, 2.05) is 6.92 Å². The number of hydrogen-bond donors (Lipinski definition) is 0. The molecule has 2 atom stereocenters. The zero-order valence-corrected chi connectivity index (χ0v) is 17.2. The lowest BCUT2D eigenvalue weighted by Crippen LogP contribution is -2.16. The number of ether oxygens (including phenoxy) is 2. The van der Waals surface area contributed by atoms with Crippen LogP contribution in [-0.2, 0) is 4.84 Å². The predicted molar refractivity (Wildman–Crippen MR) is 112 cm³/mol. The van der Waals surface area contributed by atoms with Crippen LogP contribution in [0.4, 0.5) is 0 Å². The lowest BCUT2D eigenvalue weighted by atomic mass is 9.73. The van der Waals surface area contributed by atoms with Crippen molar-refractivity contribution in [3.8, 4) is 11.5 Å². The lowest BCUT2D eigenvalue weighted by molar-refractivity contribution is 0.173. The summed E-state index contributed by atoms with van der Waals surface area (Å²) in [5.41, 5.74) is 5.00. The quantitative estimate of drug-likeness (QED) is 0.219. The SMILES string of the molecule is C=CCO/N=C(/C)CC[C@@H]1CC[C@H](CC(=C)C)c2cc(OC)c(OC)cc21. The van der Waals surface area contributed by atoms with E-state index >= 15 is 0 Å². The topological polar surface area (TPSA) is 40.0 Å². The normalized spacial score (nSPS) is 19.2. The summed E-state index contributed by atoms with van der Waals surface area (Å²) in [5.74, 6) is 2.60. The Balaban J connectivity index is 2.25. The highest BCUT2D eigenvalue weighted by Gasteiger charge is 2.29. The van der Waals surface area contributed by atoms with Crippen molar-refractivity contribution < 1.29 is 14.3 Å². The molecule has 27 heavy (non-hydrogen) atoms. The Morgan fingerprint density at radius 2 is 1.70 bits per heavy atom. The van der Waals surface area contributed by atoms with Crippen molar-refractivity contribution in [1.82, 2.24) is 0 Å². The van der Waals surface area contributed by atoms with Gasteiger partial charge in [-0.3, -0.25) is 0 Å². The van der Waals surface area contributed by atoms with Gasteiger partial charge < -0.3 is 14.3 Å². The van der Waals surface area contributed by atoms with E-state index in [-0.39, 0.29) is 0 Å². The second-order valence-electron chi connectivity index (χ2n) is 7.42. The van der Waals surface area contributed by atoms with Crippen molar-refractivity contribution >= 4 is 5.71 Å². The second kappa shape index (κ2) is 10.2. The van der Waals surface area contributed by atoms with Gasteiger partial charge in [0.15, 0.2) is 11.5 Å². The molecule has 0 saturated heterocycles. The molecular formula is C23H33NO3. The molecular weight excluding hydrogens is 338 g/mol. The van der Waals surface area contributed by atoms with Crippen LogP contribution >= 0.6 is 0 Å². The standard InChI is InChI=1S/C23H33NO3/c1-7-12-27-24-17(4)8-9-18-10-11-19(13-16(2)3)21-15-23(26-6)22(25-5)14-20(18)21/h7,14-15,18-19H,1-2,8-13H2,3-6H3/b24-17-/t18-,19-/m1/s1. The first kappa shape index (κ1) is 21.1. The van der Waals surface area contributed by atoms with Gasteiger partial charge in [-0.2, -0.15) is 0 Å². The largest absolute Gasteiger partial charge is 0.493 e. The van der Waals surface area contributed by atoms with Crippen LogP contribution in [0.3, 0.4) is 0 Å². The van der Waals surface area contributed by atoms with E-state index in [2.05, 4.69) is 37.4 Å². The molecule has 0 aliphatic heterocycles. The van der Waals surface area contributed by atoms with Gasteiger partial charge in [-0.25, -0.2) is 0 Å². The molecule has 1 aliphatic carbocycles. The van der Waals surface area contributed by atoms with Gasteiger partial charge in [0.2, 0.25) is 0 Å². The summed E-state index contributed by atoms with van der Waals surface area (Å²) in [5, 5.41) is 4.16. The number of allylic oxidation sites excluding steroid dienone is 1. The van der Waals surface area contributed by atoms with Gasteiger partial charge in [-0.05, 0) is 81.0 Å². The molecule has 1 aliphatic rings. The Morgan fingerprint density at radius 3 is 2.26 bits per heavy atom. The fraction of sp³-hybridized carbons (Fsp3) is 0.522. The molecule has 0 saturated carbocycles. The molecule has 0 N–H and O–H groups in total. The van der Waals surface area contributed by atoms with E-state index in [9.17, 15) is 0 Å². The molecule has 4 heteroatoms. The fourth-order valence-corrected chi connectivity index (χ4v) is 3.89. The number of fused-ring (bicyclic) bond motifs is 1.